The van der Waals surface area contributed by atoms with E-state index in [1.807, 2.05) is 36.5 Å². The van der Waals surface area contributed by atoms with E-state index < -0.39 is 53.7 Å². The van der Waals surface area contributed by atoms with Crippen molar-refractivity contribution < 1.29 is 45.2 Å². The number of aliphatic hydroxyl groups excluding tert-OH is 6. The predicted octanol–water partition coefficient (Wildman–Crippen LogP) is 8.33. The summed E-state index contributed by atoms with van der Waals surface area (Å²) in [6, 6.07) is 29.0. The largest absolute Gasteiger partial charge is 0.504 e. The van der Waals surface area contributed by atoms with E-state index in [9.17, 15) is 35.7 Å². The molecule has 0 bridgehead atoms. The molecule has 1 saturated carbocycles. The van der Waals surface area contributed by atoms with E-state index in [0.29, 0.717) is 75.2 Å². The van der Waals surface area contributed by atoms with Crippen molar-refractivity contribution in [2.45, 2.75) is 120 Å². The number of aromatic nitrogens is 1. The van der Waals surface area contributed by atoms with E-state index in [2.05, 4.69) is 95.8 Å². The number of H-pyrrole nitrogens is 1. The van der Waals surface area contributed by atoms with E-state index in [-0.39, 0.29) is 73.4 Å². The molecule has 418 valence electrons. The number of phenolic OH excluding ortho intramolecular Hbond substituents is 1. The minimum atomic E-state index is -1.08. The van der Waals surface area contributed by atoms with Crippen LogP contribution in [0.3, 0.4) is 0 Å². The third-order valence-electron chi connectivity index (χ3n) is 18.5. The lowest BCUT2D eigenvalue weighted by Crippen LogP contribution is -2.45. The van der Waals surface area contributed by atoms with Gasteiger partial charge in [-0.2, -0.15) is 0 Å². The average Bonchev–Trinajstić information content (AvgIpc) is 4.10. The van der Waals surface area contributed by atoms with Gasteiger partial charge in [-0.05, 0) is 152 Å². The Kier molecular flexibility index (Phi) is 18.8. The van der Waals surface area contributed by atoms with Gasteiger partial charge in [0.05, 0.1) is 37.6 Å². The van der Waals surface area contributed by atoms with E-state index in [4.69, 9.17) is 15.2 Å². The maximum atomic E-state index is 12.9. The van der Waals surface area contributed by atoms with Gasteiger partial charge in [0.25, 0.3) is 0 Å². The van der Waals surface area contributed by atoms with Crippen molar-refractivity contribution in [3.8, 4) is 23.3 Å². The standard InChI is InChI=1S/C64H81N3O9S2/c1-2-40-25-44-29-56(72)59(76-60-30-45(27-48-14-9-20-66-48)50-18-21-67-63(65)55(50)38-78-77-37-46(35-69)62(60)74)32-52(44)53-31-57(73)61-42(28-51(40)53)17-19-64(33-49(71)15-16-58(61)75-23-22-68)34-54(41-12-7-4-8-13-41)43(26-47(64)36-70)24-39-10-5-3-6-11-39/h3-14,18,20,28-29,32,40,42-43,45-47,49,53-54,57-58,60-62,66-74H,2,15-16,21-27,30-31,33-38,65H2,1H3/t40-,42+,43-,45+,46+,47+,49-,53-,54-,57-,58+,60-,61+,62-,64-/m1/s1. The number of dihydropyridines is 1. The molecule has 0 unspecified atom stereocenters. The average molecular weight is 1100 g/mol. The smallest absolute Gasteiger partial charge is 0.161 e. The number of rotatable bonds is 13. The summed E-state index contributed by atoms with van der Waals surface area (Å²) < 4.78 is 13.5. The third kappa shape index (κ3) is 12.5. The Morgan fingerprint density at radius 2 is 1.65 bits per heavy atom. The molecule has 6 aliphatic rings. The highest BCUT2D eigenvalue weighted by molar-refractivity contribution is 8.76. The Morgan fingerprint density at radius 3 is 2.40 bits per heavy atom. The molecule has 12 nitrogen and oxygen atoms in total. The van der Waals surface area contributed by atoms with E-state index >= 15 is 0 Å². The molecule has 3 aromatic carbocycles. The number of nitrogens with one attached hydrogen (secondary N) is 2. The number of allylic oxidation sites excluding steroid dienone is 3. The van der Waals surface area contributed by atoms with Crippen LogP contribution in [0.4, 0.5) is 0 Å². The van der Waals surface area contributed by atoms with Crippen LogP contribution in [0.5, 0.6) is 11.5 Å². The van der Waals surface area contributed by atoms with Crippen LogP contribution in [0.2, 0.25) is 0 Å². The first-order chi connectivity index (χ1) is 38.0. The highest BCUT2D eigenvalue weighted by atomic mass is 33.1. The lowest BCUT2D eigenvalue weighted by Gasteiger charge is -2.49. The lowest BCUT2D eigenvalue weighted by molar-refractivity contribution is -0.0675. The predicted molar refractivity (Wildman–Crippen MR) is 309 cm³/mol. The van der Waals surface area contributed by atoms with Crippen LogP contribution in [0.15, 0.2) is 126 Å². The summed E-state index contributed by atoms with van der Waals surface area (Å²) in [5, 5.41) is 85.1. The van der Waals surface area contributed by atoms with Gasteiger partial charge in [-0.15, -0.1) is 0 Å². The first kappa shape index (κ1) is 56.6. The van der Waals surface area contributed by atoms with Crippen molar-refractivity contribution in [3.63, 3.8) is 0 Å². The second-order valence-corrected chi connectivity index (χ2v) is 25.6. The van der Waals surface area contributed by atoms with E-state index in [1.165, 1.54) is 16.7 Å². The number of hydrogen-bond donors (Lipinski definition) is 10. The molecule has 0 radical (unpaired) electrons. The number of phenols is 1. The zero-order valence-electron chi connectivity index (χ0n) is 45.0. The maximum Gasteiger partial charge on any atom is 0.161 e. The van der Waals surface area contributed by atoms with Gasteiger partial charge in [-0.25, -0.2) is 0 Å². The first-order valence-electron chi connectivity index (χ1n) is 28.6. The molecule has 14 heteroatoms. The first-order valence-corrected chi connectivity index (χ1v) is 31.1. The summed E-state index contributed by atoms with van der Waals surface area (Å²) in [5.74, 6) is 8.03. The molecule has 1 aromatic heterocycles. The highest BCUT2D eigenvalue weighted by Gasteiger charge is 2.50. The van der Waals surface area contributed by atoms with Gasteiger partial charge in [-0.1, -0.05) is 119 Å². The molecule has 11 N–H and O–H groups in total. The SMILES string of the molecule is CC[C@@H]1Cc2cc(O)c(O[C@@H]3C[C@H](Cc4ccc[nH]4)C4=CCNC(N)=C4CSSC[C@H](CO)[C@H]3O)cc2[C@@H]2C[C@@H](O)[C@H]3[C@@H](OCCO)CC[C@@H](O)C[C@]4(C#C[C@H]3C=C12)C[C@H](c1ccccc1)[C@H](Cc1ccccc1)C[C@H]4CO. The van der Waals surface area contributed by atoms with Crippen LogP contribution in [0.1, 0.15) is 98.1 Å². The summed E-state index contributed by atoms with van der Waals surface area (Å²) in [7, 11) is 3.24. The summed E-state index contributed by atoms with van der Waals surface area (Å²) in [4.78, 5) is 3.38. The fraction of sp³-hybridized carbons (Fsp3) is 0.531. The second-order valence-electron chi connectivity index (χ2n) is 23.1. The number of hydrogen-bond acceptors (Lipinski definition) is 13. The van der Waals surface area contributed by atoms with Crippen molar-refractivity contribution in [2.75, 3.05) is 44.5 Å². The molecular formula is C64H81N3O9S2. The Morgan fingerprint density at radius 1 is 0.846 bits per heavy atom. The molecular weight excluding hydrogens is 1020 g/mol. The minimum Gasteiger partial charge on any atom is -0.504 e. The lowest BCUT2D eigenvalue weighted by atomic mass is 9.55. The van der Waals surface area contributed by atoms with Crippen LogP contribution in [0.25, 0.3) is 0 Å². The molecule has 15 atom stereocenters. The van der Waals surface area contributed by atoms with Crippen molar-refractivity contribution in [3.05, 3.63) is 154 Å². The molecule has 1 saturated heterocycles. The third-order valence-corrected chi connectivity index (χ3v) is 20.9. The van der Waals surface area contributed by atoms with Crippen molar-refractivity contribution in [1.82, 2.24) is 10.3 Å². The molecule has 3 heterocycles. The normalized spacial score (nSPS) is 33.4. The van der Waals surface area contributed by atoms with Gasteiger partial charge in [0.1, 0.15) is 11.9 Å². The number of aromatic hydroxyl groups is 1. The summed E-state index contributed by atoms with van der Waals surface area (Å²) in [6.45, 7) is 2.34. The van der Waals surface area contributed by atoms with Crippen LogP contribution in [-0.4, -0.2) is 116 Å². The summed E-state index contributed by atoms with van der Waals surface area (Å²) in [6.07, 6.45) is 8.65. The molecule has 2 fully saturated rings. The molecule has 2 aliphatic heterocycles. The van der Waals surface area contributed by atoms with Crippen molar-refractivity contribution >= 4 is 21.6 Å². The van der Waals surface area contributed by atoms with Crippen LogP contribution < -0.4 is 15.8 Å². The zero-order chi connectivity index (χ0) is 54.3. The molecule has 0 amide bonds. The monoisotopic (exact) mass is 1100 g/mol. The Balaban J connectivity index is 1.04. The van der Waals surface area contributed by atoms with Crippen LogP contribution in [-0.2, 0) is 24.0 Å². The summed E-state index contributed by atoms with van der Waals surface area (Å²) >= 11 is 0. The zero-order valence-corrected chi connectivity index (χ0v) is 46.6. The Bertz CT molecular complexity index is 2780. The maximum absolute atomic E-state index is 12.9. The number of nitrogens with two attached hydrogens (primary N) is 1. The number of benzene rings is 3. The molecule has 1 spiro atoms. The Hall–Kier alpha value is -4.66. The number of ether oxygens (including phenoxy) is 2. The van der Waals surface area contributed by atoms with E-state index in [1.54, 1.807) is 21.6 Å². The van der Waals surface area contributed by atoms with E-state index in [0.717, 1.165) is 47.2 Å². The Labute approximate surface area is 468 Å². The fourth-order valence-corrected chi connectivity index (χ4v) is 17.0. The van der Waals surface area contributed by atoms with Gasteiger partial charge in [0, 0.05) is 77.8 Å². The quantitative estimate of drug-likeness (QED) is 0.0347. The van der Waals surface area contributed by atoms with Gasteiger partial charge >= 0.3 is 0 Å². The van der Waals surface area contributed by atoms with Gasteiger partial charge in [0.2, 0.25) is 0 Å². The van der Waals surface area contributed by atoms with Gasteiger partial charge in [-0.3, -0.25) is 0 Å². The van der Waals surface area contributed by atoms with Gasteiger partial charge < -0.3 is 61.3 Å². The topological polar surface area (TPSA) is 214 Å². The minimum absolute atomic E-state index is 0.0314. The number of fused-ring (bicyclic) bond motifs is 5. The van der Waals surface area contributed by atoms with Crippen LogP contribution >= 0.6 is 21.6 Å². The number of aliphatic hydroxyl groups is 6. The molecule has 78 heavy (non-hydrogen) atoms. The van der Waals surface area contributed by atoms with Gasteiger partial charge in [0.15, 0.2) is 11.5 Å². The molecule has 4 aliphatic carbocycles. The molecule has 10 rings (SSSR count). The highest BCUT2D eigenvalue weighted by Crippen LogP contribution is 2.55. The second kappa shape index (κ2) is 25.9. The van der Waals surface area contributed by atoms with Crippen LogP contribution in [0, 0.1) is 58.7 Å². The molecule has 4 aromatic rings. The van der Waals surface area contributed by atoms with Crippen molar-refractivity contribution in [1.29, 1.82) is 0 Å². The number of aromatic amines is 1. The summed E-state index contributed by atoms with van der Waals surface area (Å²) in [5.41, 5.74) is 14.7. The van der Waals surface area contributed by atoms with Crippen molar-refractivity contribution in [2.24, 2.45) is 52.6 Å². The fourth-order valence-electron chi connectivity index (χ4n) is 14.5.